The third kappa shape index (κ3) is 4.41. The number of nitrogens with zero attached hydrogens (tertiary/aromatic N) is 2. The zero-order valence-corrected chi connectivity index (χ0v) is 16.9. The van der Waals surface area contributed by atoms with E-state index in [-0.39, 0.29) is 36.7 Å². The van der Waals surface area contributed by atoms with Crippen molar-refractivity contribution in [3.05, 3.63) is 29.8 Å². The van der Waals surface area contributed by atoms with E-state index in [1.165, 1.54) is 5.56 Å². The quantitative estimate of drug-likeness (QED) is 0.781. The predicted molar refractivity (Wildman–Crippen MR) is 107 cm³/mol. The summed E-state index contributed by atoms with van der Waals surface area (Å²) in [6.07, 6.45) is 1.51. The van der Waals surface area contributed by atoms with Crippen molar-refractivity contribution in [3.63, 3.8) is 0 Å². The number of hydrogen-bond donors (Lipinski definition) is 2. The second kappa shape index (κ2) is 8.82. The van der Waals surface area contributed by atoms with Gasteiger partial charge in [-0.1, -0.05) is 32.0 Å². The number of hydrogen-bond acceptors (Lipinski definition) is 4. The highest BCUT2D eigenvalue weighted by Gasteiger charge is 2.36. The molecule has 3 rings (SSSR count). The maximum Gasteiger partial charge on any atom is 0.317 e. The third-order valence-electron chi connectivity index (χ3n) is 6.02. The van der Waals surface area contributed by atoms with Crippen molar-refractivity contribution >= 4 is 12.0 Å². The van der Waals surface area contributed by atoms with Crippen LogP contribution in [0.4, 0.5) is 4.79 Å². The van der Waals surface area contributed by atoms with Gasteiger partial charge in [-0.15, -0.1) is 0 Å². The van der Waals surface area contributed by atoms with Gasteiger partial charge in [-0.3, -0.25) is 9.69 Å². The van der Waals surface area contributed by atoms with E-state index in [4.69, 9.17) is 9.84 Å². The SMILES string of the molecule is CCN(CC(=O)O)C1CCN(C(=O)NC(C)C2Oc3ccccc3C2C)CC1. The normalized spacial score (nSPS) is 23.2. The van der Waals surface area contributed by atoms with Gasteiger partial charge in [0.05, 0.1) is 12.6 Å². The molecule has 2 N–H and O–H groups in total. The number of amides is 2. The molecule has 0 radical (unpaired) electrons. The average Bonchev–Trinajstić information content (AvgIpc) is 3.03. The molecule has 1 fully saturated rings. The van der Waals surface area contributed by atoms with Crippen LogP contribution in [-0.4, -0.2) is 71.3 Å². The fourth-order valence-electron chi connectivity index (χ4n) is 4.40. The monoisotopic (exact) mass is 389 g/mol. The Bertz CT molecular complexity index is 703. The van der Waals surface area contributed by atoms with Crippen molar-refractivity contribution in [2.75, 3.05) is 26.2 Å². The molecular formula is C21H31N3O4. The lowest BCUT2D eigenvalue weighted by atomic mass is 9.94. The summed E-state index contributed by atoms with van der Waals surface area (Å²) in [4.78, 5) is 27.5. The first-order valence-corrected chi connectivity index (χ1v) is 10.2. The number of para-hydroxylation sites is 1. The highest BCUT2D eigenvalue weighted by atomic mass is 16.5. The van der Waals surface area contributed by atoms with E-state index < -0.39 is 5.97 Å². The molecule has 7 nitrogen and oxygen atoms in total. The van der Waals surface area contributed by atoms with Crippen LogP contribution in [0.5, 0.6) is 5.75 Å². The Morgan fingerprint density at radius 1 is 1.32 bits per heavy atom. The maximum atomic E-state index is 12.7. The van der Waals surface area contributed by atoms with Gasteiger partial charge in [-0.25, -0.2) is 4.79 Å². The first kappa shape index (κ1) is 20.5. The molecule has 3 unspecified atom stereocenters. The lowest BCUT2D eigenvalue weighted by Crippen LogP contribution is -2.54. The van der Waals surface area contributed by atoms with Crippen LogP contribution in [0.1, 0.15) is 45.1 Å². The Morgan fingerprint density at radius 3 is 2.61 bits per heavy atom. The Morgan fingerprint density at radius 2 is 2.00 bits per heavy atom. The van der Waals surface area contributed by atoms with E-state index in [0.717, 1.165) is 18.6 Å². The van der Waals surface area contributed by atoms with Gasteiger partial charge in [0.2, 0.25) is 0 Å². The van der Waals surface area contributed by atoms with E-state index >= 15 is 0 Å². The summed E-state index contributed by atoms with van der Waals surface area (Å²) < 4.78 is 6.07. The Kier molecular flexibility index (Phi) is 6.44. The van der Waals surface area contributed by atoms with E-state index in [2.05, 4.69) is 18.3 Å². The van der Waals surface area contributed by atoms with Crippen molar-refractivity contribution in [2.24, 2.45) is 0 Å². The topological polar surface area (TPSA) is 82.1 Å². The number of carbonyl (C=O) groups is 2. The largest absolute Gasteiger partial charge is 0.487 e. The Labute approximate surface area is 166 Å². The van der Waals surface area contributed by atoms with Crippen LogP contribution in [0.25, 0.3) is 0 Å². The molecule has 3 atom stereocenters. The summed E-state index contributed by atoms with van der Waals surface area (Å²) in [5.41, 5.74) is 1.19. The molecule has 2 amide bonds. The van der Waals surface area contributed by atoms with Gasteiger partial charge in [-0.05, 0) is 32.4 Å². The van der Waals surface area contributed by atoms with Crippen molar-refractivity contribution < 1.29 is 19.4 Å². The number of likely N-dealkylation sites (N-methyl/N-ethyl adjacent to an activating group) is 1. The summed E-state index contributed by atoms with van der Waals surface area (Å²) in [6, 6.07) is 8.07. The van der Waals surface area contributed by atoms with Crippen molar-refractivity contribution in [1.29, 1.82) is 0 Å². The molecule has 1 aromatic carbocycles. The van der Waals surface area contributed by atoms with Crippen LogP contribution in [0.2, 0.25) is 0 Å². The number of urea groups is 1. The minimum absolute atomic E-state index is 0.0574. The van der Waals surface area contributed by atoms with Crippen LogP contribution in [-0.2, 0) is 4.79 Å². The number of benzene rings is 1. The second-order valence-electron chi connectivity index (χ2n) is 7.82. The van der Waals surface area contributed by atoms with E-state index in [9.17, 15) is 9.59 Å². The zero-order valence-electron chi connectivity index (χ0n) is 16.9. The molecule has 0 spiro atoms. The second-order valence-corrected chi connectivity index (χ2v) is 7.82. The number of fused-ring (bicyclic) bond motifs is 1. The summed E-state index contributed by atoms with van der Waals surface area (Å²) >= 11 is 0. The number of carbonyl (C=O) groups excluding carboxylic acids is 1. The molecule has 7 heteroatoms. The number of piperidine rings is 1. The number of carboxylic acids is 1. The first-order chi connectivity index (χ1) is 13.4. The fourth-order valence-corrected chi connectivity index (χ4v) is 4.40. The first-order valence-electron chi connectivity index (χ1n) is 10.2. The molecule has 2 aliphatic rings. The Hall–Kier alpha value is -2.28. The molecule has 2 heterocycles. The van der Waals surface area contributed by atoms with Crippen molar-refractivity contribution in [2.45, 2.75) is 57.7 Å². The van der Waals surface area contributed by atoms with Crippen molar-refractivity contribution in [3.8, 4) is 5.75 Å². The van der Waals surface area contributed by atoms with Gasteiger partial charge < -0.3 is 20.1 Å². The zero-order chi connectivity index (χ0) is 20.3. The number of likely N-dealkylation sites (tertiary alicyclic amines) is 1. The van der Waals surface area contributed by atoms with Gasteiger partial charge in [0, 0.05) is 30.6 Å². The highest BCUT2D eigenvalue weighted by Crippen LogP contribution is 2.38. The van der Waals surface area contributed by atoms with Crippen LogP contribution >= 0.6 is 0 Å². The smallest absolute Gasteiger partial charge is 0.317 e. The number of rotatable bonds is 6. The molecular weight excluding hydrogens is 358 g/mol. The number of carboxylic acid groups (broad SMARTS) is 1. The molecule has 154 valence electrons. The predicted octanol–water partition coefficient (Wildman–Crippen LogP) is 2.52. The van der Waals surface area contributed by atoms with Crippen LogP contribution in [0.3, 0.4) is 0 Å². The van der Waals surface area contributed by atoms with Crippen LogP contribution < -0.4 is 10.1 Å². The van der Waals surface area contributed by atoms with Crippen molar-refractivity contribution in [1.82, 2.24) is 15.1 Å². The summed E-state index contributed by atoms with van der Waals surface area (Å²) in [5.74, 6) is 0.328. The Balaban J connectivity index is 1.50. The van der Waals surface area contributed by atoms with E-state index in [0.29, 0.717) is 19.6 Å². The average molecular weight is 389 g/mol. The molecule has 2 aliphatic heterocycles. The third-order valence-corrected chi connectivity index (χ3v) is 6.02. The molecule has 0 aromatic heterocycles. The number of aliphatic carboxylic acids is 1. The molecule has 28 heavy (non-hydrogen) atoms. The lowest BCUT2D eigenvalue weighted by molar-refractivity contribution is -0.139. The van der Waals surface area contributed by atoms with Gasteiger partial charge >= 0.3 is 12.0 Å². The van der Waals surface area contributed by atoms with Crippen LogP contribution in [0.15, 0.2) is 24.3 Å². The van der Waals surface area contributed by atoms with E-state index in [1.54, 1.807) is 0 Å². The van der Waals surface area contributed by atoms with Gasteiger partial charge in [-0.2, -0.15) is 0 Å². The number of ether oxygens (including phenoxy) is 1. The molecule has 1 aromatic rings. The molecule has 0 bridgehead atoms. The number of nitrogens with one attached hydrogen (secondary N) is 1. The van der Waals surface area contributed by atoms with Gasteiger partial charge in [0.25, 0.3) is 0 Å². The van der Waals surface area contributed by atoms with Gasteiger partial charge in [0.1, 0.15) is 11.9 Å². The molecule has 1 saturated heterocycles. The summed E-state index contributed by atoms with van der Waals surface area (Å²) in [5, 5.41) is 12.1. The summed E-state index contributed by atoms with van der Waals surface area (Å²) in [6.45, 7) is 8.14. The lowest BCUT2D eigenvalue weighted by Gasteiger charge is -2.38. The molecule has 0 saturated carbocycles. The van der Waals surface area contributed by atoms with E-state index in [1.807, 2.05) is 41.8 Å². The van der Waals surface area contributed by atoms with Gasteiger partial charge in [0.15, 0.2) is 0 Å². The highest BCUT2D eigenvalue weighted by molar-refractivity contribution is 5.74. The standard InChI is InChI=1S/C21H31N3O4/c1-4-23(13-19(25)26)16-9-11-24(12-10-16)21(27)22-15(3)20-14(2)17-7-5-6-8-18(17)28-20/h5-8,14-16,20H,4,9-13H2,1-3H3,(H,22,27)(H,25,26). The van der Waals surface area contributed by atoms with Crippen LogP contribution in [0, 0.1) is 0 Å². The maximum absolute atomic E-state index is 12.7. The molecule has 0 aliphatic carbocycles. The fraction of sp³-hybridized carbons (Fsp3) is 0.619. The minimum Gasteiger partial charge on any atom is -0.487 e. The minimum atomic E-state index is -0.803. The summed E-state index contributed by atoms with van der Waals surface area (Å²) in [7, 11) is 0.